The normalized spacial score (nSPS) is 14.9. The summed E-state index contributed by atoms with van der Waals surface area (Å²) in [5.41, 5.74) is 1.68. The SMILES string of the molecule is O=C(O)C(F)(F)F.O=C(O)C1CN(C(=O)NCCCNc2ccccn2)Cc2ccccc21. The van der Waals surface area contributed by atoms with Crippen molar-refractivity contribution in [3.63, 3.8) is 0 Å². The molecular formula is C21H23F3N4O5. The lowest BCUT2D eigenvalue weighted by Gasteiger charge is -2.32. The number of nitrogens with zero attached hydrogens (tertiary/aromatic N) is 2. The molecular weight excluding hydrogens is 445 g/mol. The van der Waals surface area contributed by atoms with Crippen molar-refractivity contribution in [3.8, 4) is 0 Å². The molecule has 0 bridgehead atoms. The summed E-state index contributed by atoms with van der Waals surface area (Å²) in [6.07, 6.45) is -2.62. The molecule has 1 aliphatic heterocycles. The first kappa shape index (κ1) is 25.4. The van der Waals surface area contributed by atoms with Gasteiger partial charge in [-0.2, -0.15) is 13.2 Å². The topological polar surface area (TPSA) is 132 Å². The van der Waals surface area contributed by atoms with E-state index < -0.39 is 24.0 Å². The van der Waals surface area contributed by atoms with Gasteiger partial charge in [-0.05, 0) is 29.7 Å². The van der Waals surface area contributed by atoms with Crippen molar-refractivity contribution in [2.45, 2.75) is 25.1 Å². The first-order chi connectivity index (χ1) is 15.6. The van der Waals surface area contributed by atoms with Crippen molar-refractivity contribution in [3.05, 3.63) is 59.8 Å². The average Bonchev–Trinajstić information content (AvgIpc) is 2.78. The van der Waals surface area contributed by atoms with E-state index in [-0.39, 0.29) is 12.6 Å². The molecule has 1 aliphatic rings. The highest BCUT2D eigenvalue weighted by atomic mass is 19.4. The molecule has 2 heterocycles. The van der Waals surface area contributed by atoms with Crippen LogP contribution < -0.4 is 10.6 Å². The molecule has 0 saturated heterocycles. The van der Waals surface area contributed by atoms with E-state index in [1.807, 2.05) is 42.5 Å². The van der Waals surface area contributed by atoms with Gasteiger partial charge in [0, 0.05) is 32.4 Å². The quantitative estimate of drug-likeness (QED) is 0.480. The minimum Gasteiger partial charge on any atom is -0.481 e. The molecule has 1 unspecified atom stereocenters. The number of urea groups is 1. The molecule has 2 aromatic rings. The van der Waals surface area contributed by atoms with E-state index in [9.17, 15) is 27.9 Å². The van der Waals surface area contributed by atoms with Crippen LogP contribution in [0.5, 0.6) is 0 Å². The number of rotatable bonds is 6. The summed E-state index contributed by atoms with van der Waals surface area (Å²) in [6, 6.07) is 12.8. The number of pyridine rings is 1. The molecule has 0 saturated carbocycles. The van der Waals surface area contributed by atoms with Crippen LogP contribution in [0.25, 0.3) is 0 Å². The van der Waals surface area contributed by atoms with E-state index in [4.69, 9.17) is 9.90 Å². The molecule has 12 heteroatoms. The highest BCUT2D eigenvalue weighted by Gasteiger charge is 2.38. The number of carbonyl (C=O) groups excluding carboxylic acids is 1. The zero-order chi connectivity index (χ0) is 24.4. The van der Waals surface area contributed by atoms with Gasteiger partial charge in [0.05, 0.1) is 5.92 Å². The van der Waals surface area contributed by atoms with Crippen molar-refractivity contribution in [2.75, 3.05) is 25.0 Å². The highest BCUT2D eigenvalue weighted by Crippen LogP contribution is 2.28. The zero-order valence-corrected chi connectivity index (χ0v) is 17.4. The summed E-state index contributed by atoms with van der Waals surface area (Å²) in [5, 5.41) is 22.6. The number of aliphatic carboxylic acids is 2. The second-order valence-electron chi connectivity index (χ2n) is 7.00. The van der Waals surface area contributed by atoms with Gasteiger partial charge >= 0.3 is 24.1 Å². The largest absolute Gasteiger partial charge is 0.490 e. The second kappa shape index (κ2) is 11.7. The van der Waals surface area contributed by atoms with Gasteiger partial charge in [-0.15, -0.1) is 0 Å². The van der Waals surface area contributed by atoms with Crippen LogP contribution in [-0.2, 0) is 16.1 Å². The Morgan fingerprint density at radius 1 is 1.06 bits per heavy atom. The van der Waals surface area contributed by atoms with Crippen LogP contribution in [0.4, 0.5) is 23.8 Å². The van der Waals surface area contributed by atoms with E-state index in [1.165, 1.54) is 0 Å². The van der Waals surface area contributed by atoms with Crippen molar-refractivity contribution < 1.29 is 37.8 Å². The molecule has 178 valence electrons. The molecule has 0 radical (unpaired) electrons. The number of nitrogens with one attached hydrogen (secondary N) is 2. The van der Waals surface area contributed by atoms with Gasteiger partial charge in [-0.1, -0.05) is 30.3 Å². The van der Waals surface area contributed by atoms with Crippen LogP contribution in [0.3, 0.4) is 0 Å². The maximum atomic E-state index is 12.4. The Balaban J connectivity index is 0.000000479. The number of hydrogen-bond donors (Lipinski definition) is 4. The molecule has 1 aromatic heterocycles. The highest BCUT2D eigenvalue weighted by molar-refractivity contribution is 5.80. The van der Waals surface area contributed by atoms with Crippen LogP contribution in [0.15, 0.2) is 48.7 Å². The van der Waals surface area contributed by atoms with Gasteiger partial charge in [0.15, 0.2) is 0 Å². The second-order valence-corrected chi connectivity index (χ2v) is 7.00. The monoisotopic (exact) mass is 468 g/mol. The van der Waals surface area contributed by atoms with Crippen LogP contribution in [-0.4, -0.2) is 63.9 Å². The molecule has 1 aromatic carbocycles. The van der Waals surface area contributed by atoms with Crippen molar-refractivity contribution in [2.24, 2.45) is 0 Å². The molecule has 0 aliphatic carbocycles. The summed E-state index contributed by atoms with van der Waals surface area (Å²) in [4.78, 5) is 38.6. The summed E-state index contributed by atoms with van der Waals surface area (Å²) < 4.78 is 31.7. The average molecular weight is 468 g/mol. The molecule has 33 heavy (non-hydrogen) atoms. The number of halogens is 3. The van der Waals surface area contributed by atoms with Crippen LogP contribution in [0.1, 0.15) is 23.5 Å². The molecule has 0 spiro atoms. The number of fused-ring (bicyclic) bond motifs is 1. The first-order valence-corrected chi connectivity index (χ1v) is 9.88. The van der Waals surface area contributed by atoms with Crippen molar-refractivity contribution in [1.82, 2.24) is 15.2 Å². The number of aromatic nitrogens is 1. The Morgan fingerprint density at radius 2 is 1.73 bits per heavy atom. The smallest absolute Gasteiger partial charge is 0.481 e. The van der Waals surface area contributed by atoms with Crippen LogP contribution >= 0.6 is 0 Å². The van der Waals surface area contributed by atoms with Gasteiger partial charge in [-0.3, -0.25) is 4.79 Å². The molecule has 3 rings (SSSR count). The third-order valence-corrected chi connectivity index (χ3v) is 4.62. The van der Waals surface area contributed by atoms with Crippen molar-refractivity contribution in [1.29, 1.82) is 0 Å². The van der Waals surface area contributed by atoms with Gasteiger partial charge in [0.2, 0.25) is 0 Å². The third kappa shape index (κ3) is 7.98. The number of carboxylic acids is 2. The fourth-order valence-electron chi connectivity index (χ4n) is 3.05. The maximum Gasteiger partial charge on any atom is 0.490 e. The summed E-state index contributed by atoms with van der Waals surface area (Å²) >= 11 is 0. The Morgan fingerprint density at radius 3 is 2.33 bits per heavy atom. The van der Waals surface area contributed by atoms with Gasteiger partial charge in [0.1, 0.15) is 5.82 Å². The number of amides is 2. The number of carbonyl (C=O) groups is 3. The number of carboxylic acid groups (broad SMARTS) is 2. The molecule has 9 nitrogen and oxygen atoms in total. The lowest BCUT2D eigenvalue weighted by atomic mass is 9.90. The van der Waals surface area contributed by atoms with Gasteiger partial charge in [-0.25, -0.2) is 14.6 Å². The number of benzene rings is 1. The number of anilines is 1. The van der Waals surface area contributed by atoms with Gasteiger partial charge in [0.25, 0.3) is 0 Å². The summed E-state index contributed by atoms with van der Waals surface area (Å²) in [5.74, 6) is -3.55. The van der Waals surface area contributed by atoms with E-state index in [0.717, 1.165) is 23.4 Å². The maximum absolute atomic E-state index is 12.4. The minimum atomic E-state index is -5.08. The Bertz CT molecular complexity index is 956. The summed E-state index contributed by atoms with van der Waals surface area (Å²) in [6.45, 7) is 1.81. The fourth-order valence-corrected chi connectivity index (χ4v) is 3.05. The fraction of sp³-hybridized carbons (Fsp3) is 0.333. The summed E-state index contributed by atoms with van der Waals surface area (Å²) in [7, 11) is 0. The predicted molar refractivity (Wildman–Crippen MR) is 112 cm³/mol. The lowest BCUT2D eigenvalue weighted by Crippen LogP contribution is -2.45. The number of hydrogen-bond acceptors (Lipinski definition) is 5. The third-order valence-electron chi connectivity index (χ3n) is 4.62. The van der Waals surface area contributed by atoms with Crippen LogP contribution in [0.2, 0.25) is 0 Å². The predicted octanol–water partition coefficient (Wildman–Crippen LogP) is 2.91. The standard InChI is InChI=1S/C19H22N4O3.C2HF3O2/c24-18(25)16-13-23(12-14-6-1-2-7-15(14)16)19(26)22-11-5-10-21-17-8-3-4-9-20-17;3-2(4,5)1(6)7/h1-4,6-9,16H,5,10-13H2,(H,20,21)(H,22,26)(H,24,25);(H,6,7). The van der Waals surface area contributed by atoms with E-state index in [2.05, 4.69) is 15.6 Å². The van der Waals surface area contributed by atoms with E-state index in [0.29, 0.717) is 19.6 Å². The molecule has 0 fully saturated rings. The van der Waals surface area contributed by atoms with Crippen LogP contribution in [0, 0.1) is 0 Å². The molecule has 1 atom stereocenters. The van der Waals surface area contributed by atoms with E-state index in [1.54, 1.807) is 11.1 Å². The first-order valence-electron chi connectivity index (χ1n) is 9.88. The van der Waals surface area contributed by atoms with Crippen molar-refractivity contribution >= 4 is 23.8 Å². The Hall–Kier alpha value is -3.83. The lowest BCUT2D eigenvalue weighted by molar-refractivity contribution is -0.192. The number of alkyl halides is 3. The zero-order valence-electron chi connectivity index (χ0n) is 17.4. The Labute approximate surface area is 187 Å². The minimum absolute atomic E-state index is 0.185. The van der Waals surface area contributed by atoms with Gasteiger partial charge < -0.3 is 25.7 Å². The molecule has 2 amide bonds. The molecule has 4 N–H and O–H groups in total. The van der Waals surface area contributed by atoms with E-state index >= 15 is 0 Å². The Kier molecular flexibility index (Phi) is 9.01.